The van der Waals surface area contributed by atoms with Crippen LogP contribution in [0.3, 0.4) is 0 Å². The number of hydrogen-bond acceptors (Lipinski definition) is 3. The molecule has 0 N–H and O–H groups in total. The second-order valence-corrected chi connectivity index (χ2v) is 6.61. The smallest absolute Gasteiger partial charge is 0.166 e. The van der Waals surface area contributed by atoms with E-state index in [2.05, 4.69) is 24.3 Å². The number of nitrogens with zero attached hydrogens (tertiary/aromatic N) is 2. The van der Waals surface area contributed by atoms with Crippen LogP contribution in [-0.4, -0.2) is 15.6 Å². The Morgan fingerprint density at radius 3 is 2.46 bits per heavy atom. The third-order valence-corrected chi connectivity index (χ3v) is 4.80. The summed E-state index contributed by atoms with van der Waals surface area (Å²) in [5, 5.41) is 4.74. The van der Waals surface area contributed by atoms with Crippen LogP contribution in [-0.2, 0) is 26.0 Å². The predicted molar refractivity (Wildman–Crippen MR) is 100 cm³/mol. The fraction of sp³-hybridized carbons (Fsp3) is 0.273. The molecule has 3 aromatic rings. The SMILES string of the molecule is O=C1CCCc2c1c(COc1ccccc1)nn2CCc1ccccc1. The van der Waals surface area contributed by atoms with E-state index in [1.54, 1.807) is 0 Å². The highest BCUT2D eigenvalue weighted by molar-refractivity contribution is 5.99. The molecule has 0 saturated carbocycles. The summed E-state index contributed by atoms with van der Waals surface area (Å²) >= 11 is 0. The number of ether oxygens (including phenoxy) is 1. The van der Waals surface area contributed by atoms with Gasteiger partial charge in [0.1, 0.15) is 18.1 Å². The lowest BCUT2D eigenvalue weighted by Gasteiger charge is -2.13. The van der Waals surface area contributed by atoms with Crippen LogP contribution in [0.2, 0.25) is 0 Å². The molecule has 0 saturated heterocycles. The predicted octanol–water partition coefficient (Wildman–Crippen LogP) is 4.22. The van der Waals surface area contributed by atoms with Gasteiger partial charge in [-0.15, -0.1) is 0 Å². The minimum Gasteiger partial charge on any atom is -0.487 e. The molecule has 1 aliphatic rings. The number of ketones is 1. The number of Topliss-reactive ketones (excluding diaryl/α,β-unsaturated/α-hetero) is 1. The number of para-hydroxylation sites is 1. The Morgan fingerprint density at radius 1 is 0.962 bits per heavy atom. The molecule has 1 aliphatic carbocycles. The van der Waals surface area contributed by atoms with Crippen molar-refractivity contribution in [1.82, 2.24) is 9.78 Å². The lowest BCUT2D eigenvalue weighted by molar-refractivity contribution is 0.0969. The van der Waals surface area contributed by atoms with E-state index in [9.17, 15) is 4.79 Å². The molecule has 4 nitrogen and oxygen atoms in total. The van der Waals surface area contributed by atoms with Crippen LogP contribution < -0.4 is 4.74 Å². The van der Waals surface area contributed by atoms with Gasteiger partial charge in [0.2, 0.25) is 0 Å². The molecule has 0 spiro atoms. The molecule has 0 fully saturated rings. The van der Waals surface area contributed by atoms with Crippen molar-refractivity contribution in [3.8, 4) is 5.75 Å². The highest BCUT2D eigenvalue weighted by Crippen LogP contribution is 2.26. The first-order chi connectivity index (χ1) is 12.8. The summed E-state index contributed by atoms with van der Waals surface area (Å²) in [6.07, 6.45) is 3.33. The number of carbonyl (C=O) groups excluding carboxylic acids is 1. The van der Waals surface area contributed by atoms with E-state index in [4.69, 9.17) is 9.84 Å². The Hall–Kier alpha value is -2.88. The van der Waals surface area contributed by atoms with Crippen LogP contribution in [0, 0.1) is 0 Å². The minimum atomic E-state index is 0.198. The standard InChI is InChI=1S/C22H22N2O2/c25-21-13-7-12-20-22(21)19(16-26-18-10-5-2-6-11-18)23-24(20)15-14-17-8-3-1-4-9-17/h1-6,8-11H,7,12-16H2. The first kappa shape index (κ1) is 16.6. The van der Waals surface area contributed by atoms with Crippen LogP contribution in [0.25, 0.3) is 0 Å². The van der Waals surface area contributed by atoms with Gasteiger partial charge in [0, 0.05) is 18.7 Å². The van der Waals surface area contributed by atoms with Crippen molar-refractivity contribution in [2.24, 2.45) is 0 Å². The van der Waals surface area contributed by atoms with Gasteiger partial charge in [0.25, 0.3) is 0 Å². The van der Waals surface area contributed by atoms with Crippen molar-refractivity contribution in [3.63, 3.8) is 0 Å². The molecule has 1 aromatic heterocycles. The molecular weight excluding hydrogens is 324 g/mol. The number of hydrogen-bond donors (Lipinski definition) is 0. The Kier molecular flexibility index (Phi) is 4.82. The maximum Gasteiger partial charge on any atom is 0.166 e. The van der Waals surface area contributed by atoms with Gasteiger partial charge in [-0.25, -0.2) is 0 Å². The number of benzene rings is 2. The molecule has 2 aromatic carbocycles. The van der Waals surface area contributed by atoms with Gasteiger partial charge in [-0.3, -0.25) is 9.48 Å². The normalized spacial score (nSPS) is 13.5. The van der Waals surface area contributed by atoms with E-state index < -0.39 is 0 Å². The Bertz CT molecular complexity index is 885. The molecule has 0 radical (unpaired) electrons. The first-order valence-corrected chi connectivity index (χ1v) is 9.15. The van der Waals surface area contributed by atoms with E-state index in [0.717, 1.165) is 48.5 Å². The third kappa shape index (κ3) is 3.54. The lowest BCUT2D eigenvalue weighted by atomic mass is 9.94. The summed E-state index contributed by atoms with van der Waals surface area (Å²) in [7, 11) is 0. The lowest BCUT2D eigenvalue weighted by Crippen LogP contribution is -2.15. The number of rotatable bonds is 6. The van der Waals surface area contributed by atoms with E-state index in [1.165, 1.54) is 5.56 Å². The number of fused-ring (bicyclic) bond motifs is 1. The molecule has 0 bridgehead atoms. The molecule has 26 heavy (non-hydrogen) atoms. The Balaban J connectivity index is 1.55. The maximum atomic E-state index is 12.5. The summed E-state index contributed by atoms with van der Waals surface area (Å²) in [6, 6.07) is 20.0. The van der Waals surface area contributed by atoms with E-state index in [-0.39, 0.29) is 5.78 Å². The van der Waals surface area contributed by atoms with Crippen molar-refractivity contribution in [1.29, 1.82) is 0 Å². The zero-order chi connectivity index (χ0) is 17.8. The van der Waals surface area contributed by atoms with Crippen LogP contribution >= 0.6 is 0 Å². The van der Waals surface area contributed by atoms with Crippen LogP contribution in [0.1, 0.15) is 40.2 Å². The van der Waals surface area contributed by atoms with Gasteiger partial charge in [-0.1, -0.05) is 48.5 Å². The monoisotopic (exact) mass is 346 g/mol. The third-order valence-electron chi connectivity index (χ3n) is 4.80. The van der Waals surface area contributed by atoms with Gasteiger partial charge in [0.15, 0.2) is 5.78 Å². The number of aromatic nitrogens is 2. The van der Waals surface area contributed by atoms with Crippen molar-refractivity contribution < 1.29 is 9.53 Å². The molecule has 4 heteroatoms. The van der Waals surface area contributed by atoms with E-state index in [0.29, 0.717) is 13.0 Å². The zero-order valence-electron chi connectivity index (χ0n) is 14.7. The fourth-order valence-corrected chi connectivity index (χ4v) is 3.50. The second kappa shape index (κ2) is 7.56. The molecule has 1 heterocycles. The summed E-state index contributed by atoms with van der Waals surface area (Å²) in [6.45, 7) is 1.11. The Morgan fingerprint density at radius 2 is 1.69 bits per heavy atom. The molecule has 4 rings (SSSR count). The van der Waals surface area contributed by atoms with Crippen molar-refractivity contribution in [2.45, 2.75) is 38.8 Å². The quantitative estimate of drug-likeness (QED) is 0.671. The van der Waals surface area contributed by atoms with Crippen LogP contribution in [0.4, 0.5) is 0 Å². The summed E-state index contributed by atoms with van der Waals surface area (Å²) in [5.74, 6) is 0.993. The first-order valence-electron chi connectivity index (χ1n) is 9.15. The van der Waals surface area contributed by atoms with E-state index >= 15 is 0 Å². The summed E-state index contributed by atoms with van der Waals surface area (Å²) in [5.41, 5.74) is 3.91. The molecule has 132 valence electrons. The number of aryl methyl sites for hydroxylation is 2. The average molecular weight is 346 g/mol. The van der Waals surface area contributed by atoms with Gasteiger partial charge < -0.3 is 4.74 Å². The average Bonchev–Trinajstić information content (AvgIpc) is 3.05. The molecule has 0 atom stereocenters. The van der Waals surface area contributed by atoms with Gasteiger partial charge in [0.05, 0.1) is 5.56 Å². The highest BCUT2D eigenvalue weighted by atomic mass is 16.5. The van der Waals surface area contributed by atoms with Crippen molar-refractivity contribution >= 4 is 5.78 Å². The molecule has 0 amide bonds. The minimum absolute atomic E-state index is 0.198. The Labute approximate surface area is 153 Å². The maximum absolute atomic E-state index is 12.5. The van der Waals surface area contributed by atoms with E-state index in [1.807, 2.05) is 41.1 Å². The second-order valence-electron chi connectivity index (χ2n) is 6.61. The van der Waals surface area contributed by atoms with Crippen molar-refractivity contribution in [3.05, 3.63) is 83.2 Å². The topological polar surface area (TPSA) is 44.1 Å². The van der Waals surface area contributed by atoms with Crippen LogP contribution in [0.15, 0.2) is 60.7 Å². The molecule has 0 aliphatic heterocycles. The fourth-order valence-electron chi connectivity index (χ4n) is 3.50. The molecular formula is C22H22N2O2. The highest BCUT2D eigenvalue weighted by Gasteiger charge is 2.27. The van der Waals surface area contributed by atoms with Gasteiger partial charge in [-0.05, 0) is 37.0 Å². The molecule has 0 unspecified atom stereocenters. The summed E-state index contributed by atoms with van der Waals surface area (Å²) in [4.78, 5) is 12.5. The largest absolute Gasteiger partial charge is 0.487 e. The van der Waals surface area contributed by atoms with Gasteiger partial charge >= 0.3 is 0 Å². The summed E-state index contributed by atoms with van der Waals surface area (Å²) < 4.78 is 7.87. The van der Waals surface area contributed by atoms with Crippen LogP contribution in [0.5, 0.6) is 5.75 Å². The van der Waals surface area contributed by atoms with Gasteiger partial charge in [-0.2, -0.15) is 5.10 Å². The number of carbonyl (C=O) groups is 1. The zero-order valence-corrected chi connectivity index (χ0v) is 14.7. The van der Waals surface area contributed by atoms with Crippen molar-refractivity contribution in [2.75, 3.05) is 0 Å².